The van der Waals surface area contributed by atoms with E-state index in [1.165, 1.54) is 12.1 Å². The monoisotopic (exact) mass is 295 g/mol. The van der Waals surface area contributed by atoms with Crippen molar-refractivity contribution in [3.8, 4) is 11.5 Å². The molecule has 0 atom stereocenters. The fourth-order valence-corrected chi connectivity index (χ4v) is 1.98. The minimum Gasteiger partial charge on any atom is -0.505 e. The summed E-state index contributed by atoms with van der Waals surface area (Å²) < 4.78 is 18.5. The van der Waals surface area contributed by atoms with Crippen molar-refractivity contribution in [1.82, 2.24) is 0 Å². The molecule has 3 nitrogen and oxygen atoms in total. The van der Waals surface area contributed by atoms with Crippen LogP contribution in [0.25, 0.3) is 0 Å². The minimum atomic E-state index is -0.636. The third-order valence-corrected chi connectivity index (χ3v) is 3.38. The third-order valence-electron chi connectivity index (χ3n) is 2.98. The van der Waals surface area contributed by atoms with Gasteiger partial charge in [-0.2, -0.15) is 0 Å². The SMILES string of the molecule is COc1cc(Cl)c(C)cc1NCc1ccc(O)c(F)c1. The van der Waals surface area contributed by atoms with Crippen molar-refractivity contribution >= 4 is 17.3 Å². The van der Waals surface area contributed by atoms with Crippen molar-refractivity contribution in [1.29, 1.82) is 0 Å². The standard InChI is InChI=1S/C15H15ClFNO2/c1-9-5-13(15(20-2)7-11(9)16)18-8-10-3-4-14(19)12(17)6-10/h3-7,18-19H,8H2,1-2H3. The number of phenolic OH excluding ortho intramolecular Hbond substituents is 1. The Kier molecular flexibility index (Phi) is 4.35. The van der Waals surface area contributed by atoms with Crippen LogP contribution in [0.15, 0.2) is 30.3 Å². The average molecular weight is 296 g/mol. The van der Waals surface area contributed by atoms with Crippen molar-refractivity contribution in [3.63, 3.8) is 0 Å². The van der Waals surface area contributed by atoms with Crippen LogP contribution in [0.3, 0.4) is 0 Å². The summed E-state index contributed by atoms with van der Waals surface area (Å²) in [7, 11) is 1.56. The van der Waals surface area contributed by atoms with Crippen LogP contribution in [0.1, 0.15) is 11.1 Å². The number of phenols is 1. The summed E-state index contributed by atoms with van der Waals surface area (Å²) in [6.07, 6.45) is 0. The molecule has 0 amide bonds. The highest BCUT2D eigenvalue weighted by Crippen LogP contribution is 2.31. The lowest BCUT2D eigenvalue weighted by molar-refractivity contribution is 0.416. The lowest BCUT2D eigenvalue weighted by Crippen LogP contribution is -2.02. The lowest BCUT2D eigenvalue weighted by atomic mass is 10.1. The molecule has 0 radical (unpaired) electrons. The molecule has 5 heteroatoms. The summed E-state index contributed by atoms with van der Waals surface area (Å²) in [5.41, 5.74) is 2.42. The predicted molar refractivity (Wildman–Crippen MR) is 78.1 cm³/mol. The summed E-state index contributed by atoms with van der Waals surface area (Å²) in [5, 5.41) is 12.9. The summed E-state index contributed by atoms with van der Waals surface area (Å²) in [6, 6.07) is 7.88. The Morgan fingerprint density at radius 3 is 2.70 bits per heavy atom. The number of nitrogens with one attached hydrogen (secondary N) is 1. The summed E-state index contributed by atoms with van der Waals surface area (Å²) in [5.74, 6) is -0.364. The maximum Gasteiger partial charge on any atom is 0.165 e. The average Bonchev–Trinajstić information content (AvgIpc) is 2.43. The molecule has 2 N–H and O–H groups in total. The summed E-state index contributed by atoms with van der Waals surface area (Å²) in [6.45, 7) is 2.31. The van der Waals surface area contributed by atoms with Gasteiger partial charge in [-0.3, -0.25) is 0 Å². The maximum atomic E-state index is 13.2. The van der Waals surface area contributed by atoms with Crippen LogP contribution in [0.4, 0.5) is 10.1 Å². The van der Waals surface area contributed by atoms with E-state index in [1.54, 1.807) is 19.2 Å². The first kappa shape index (κ1) is 14.5. The van der Waals surface area contributed by atoms with Gasteiger partial charge in [0, 0.05) is 17.6 Å². The van der Waals surface area contributed by atoms with E-state index in [2.05, 4.69) is 5.32 Å². The van der Waals surface area contributed by atoms with Crippen molar-refractivity contribution < 1.29 is 14.2 Å². The molecule has 0 aliphatic carbocycles. The molecule has 20 heavy (non-hydrogen) atoms. The molecule has 2 aromatic carbocycles. The number of aryl methyl sites for hydroxylation is 1. The number of aromatic hydroxyl groups is 1. The number of rotatable bonds is 4. The van der Waals surface area contributed by atoms with Gasteiger partial charge in [0.15, 0.2) is 11.6 Å². The molecule has 0 bridgehead atoms. The first-order valence-corrected chi connectivity index (χ1v) is 6.44. The number of benzene rings is 2. The van der Waals surface area contributed by atoms with Gasteiger partial charge in [-0.1, -0.05) is 17.7 Å². The number of halogens is 2. The van der Waals surface area contributed by atoms with E-state index in [-0.39, 0.29) is 5.75 Å². The molecule has 0 aliphatic heterocycles. The van der Waals surface area contributed by atoms with Crippen molar-refractivity contribution in [3.05, 3.63) is 52.3 Å². The van der Waals surface area contributed by atoms with Crippen molar-refractivity contribution in [2.75, 3.05) is 12.4 Å². The van der Waals surface area contributed by atoms with E-state index in [0.717, 1.165) is 16.8 Å². The second kappa shape index (κ2) is 6.01. The van der Waals surface area contributed by atoms with Crippen LogP contribution in [-0.2, 0) is 6.54 Å². The Balaban J connectivity index is 2.18. The van der Waals surface area contributed by atoms with Gasteiger partial charge in [0.05, 0.1) is 12.8 Å². The zero-order chi connectivity index (χ0) is 14.7. The Labute approximate surface area is 122 Å². The normalized spacial score (nSPS) is 10.4. The zero-order valence-corrected chi connectivity index (χ0v) is 12.0. The molecule has 0 aliphatic rings. The van der Waals surface area contributed by atoms with Crippen molar-refractivity contribution in [2.45, 2.75) is 13.5 Å². The highest BCUT2D eigenvalue weighted by atomic mass is 35.5. The Hall–Kier alpha value is -1.94. The smallest absolute Gasteiger partial charge is 0.165 e. The van der Waals surface area contributed by atoms with Gasteiger partial charge in [0.1, 0.15) is 5.75 Å². The topological polar surface area (TPSA) is 41.5 Å². The van der Waals surface area contributed by atoms with E-state index in [4.69, 9.17) is 21.4 Å². The van der Waals surface area contributed by atoms with Gasteiger partial charge < -0.3 is 15.2 Å². The molecule has 0 unspecified atom stereocenters. The molecule has 0 heterocycles. The quantitative estimate of drug-likeness (QED) is 0.892. The molecule has 0 saturated heterocycles. The van der Waals surface area contributed by atoms with E-state index in [9.17, 15) is 4.39 Å². The number of ether oxygens (including phenoxy) is 1. The number of hydrogen-bond acceptors (Lipinski definition) is 3. The summed E-state index contributed by atoms with van der Waals surface area (Å²) >= 11 is 6.03. The van der Waals surface area contributed by atoms with Crippen LogP contribution < -0.4 is 10.1 Å². The minimum absolute atomic E-state index is 0.353. The van der Waals surface area contributed by atoms with E-state index >= 15 is 0 Å². The molecule has 0 fully saturated rings. The number of methoxy groups -OCH3 is 1. The molecule has 106 valence electrons. The van der Waals surface area contributed by atoms with Crippen LogP contribution in [0.5, 0.6) is 11.5 Å². The second-order valence-corrected chi connectivity index (χ2v) is 4.85. The van der Waals surface area contributed by atoms with E-state index in [1.807, 2.05) is 13.0 Å². The highest BCUT2D eigenvalue weighted by Gasteiger charge is 2.07. The van der Waals surface area contributed by atoms with Gasteiger partial charge in [0.2, 0.25) is 0 Å². The first-order chi connectivity index (χ1) is 9.51. The van der Waals surface area contributed by atoms with Crippen LogP contribution in [0.2, 0.25) is 5.02 Å². The maximum absolute atomic E-state index is 13.2. The molecular weight excluding hydrogens is 281 g/mol. The lowest BCUT2D eigenvalue weighted by Gasteiger charge is -2.13. The molecule has 2 aromatic rings. The van der Waals surface area contributed by atoms with Gasteiger partial charge in [-0.15, -0.1) is 0 Å². The highest BCUT2D eigenvalue weighted by molar-refractivity contribution is 6.31. The van der Waals surface area contributed by atoms with Crippen LogP contribution in [0, 0.1) is 12.7 Å². The fourth-order valence-electron chi connectivity index (χ4n) is 1.83. The van der Waals surface area contributed by atoms with Gasteiger partial charge in [-0.25, -0.2) is 4.39 Å². The first-order valence-electron chi connectivity index (χ1n) is 6.06. The predicted octanol–water partition coefficient (Wildman–Crippen LogP) is 4.11. The fraction of sp³-hybridized carbons (Fsp3) is 0.200. The van der Waals surface area contributed by atoms with E-state index in [0.29, 0.717) is 17.3 Å². The van der Waals surface area contributed by atoms with Crippen molar-refractivity contribution in [2.24, 2.45) is 0 Å². The number of anilines is 1. The van der Waals surface area contributed by atoms with Crippen LogP contribution in [-0.4, -0.2) is 12.2 Å². The van der Waals surface area contributed by atoms with Gasteiger partial charge >= 0.3 is 0 Å². The number of hydrogen-bond donors (Lipinski definition) is 2. The van der Waals surface area contributed by atoms with Gasteiger partial charge in [0.25, 0.3) is 0 Å². The molecular formula is C15H15ClFNO2. The largest absolute Gasteiger partial charge is 0.505 e. The molecule has 0 saturated carbocycles. The Morgan fingerprint density at radius 1 is 1.30 bits per heavy atom. The van der Waals surface area contributed by atoms with E-state index < -0.39 is 5.82 Å². The zero-order valence-electron chi connectivity index (χ0n) is 11.2. The summed E-state index contributed by atoms with van der Waals surface area (Å²) in [4.78, 5) is 0. The molecule has 0 spiro atoms. The molecule has 0 aromatic heterocycles. The Morgan fingerprint density at radius 2 is 2.05 bits per heavy atom. The van der Waals surface area contributed by atoms with Crippen LogP contribution >= 0.6 is 11.6 Å². The molecule has 2 rings (SSSR count). The van der Waals surface area contributed by atoms with Gasteiger partial charge in [-0.05, 0) is 36.2 Å². The second-order valence-electron chi connectivity index (χ2n) is 4.44. The Bertz CT molecular complexity index is 632. The third kappa shape index (κ3) is 3.14.